The molecule has 2 N–H and O–H groups in total. The number of hydrogen-bond acceptors (Lipinski definition) is 6. The fourth-order valence-corrected chi connectivity index (χ4v) is 7.80. The van der Waals surface area contributed by atoms with Crippen LogP contribution in [0.1, 0.15) is 265 Å². The SMILES string of the molecule is CCCCCCCCCCCCCCCCCCCCCC(=O)OC[C@H](COP(=O)(O)O)OC(=O)CCCCCCCCCCCCCCCCCCC(C)C. The summed E-state index contributed by atoms with van der Waals surface area (Å²) in [6.07, 6.45) is 45.5. The lowest BCUT2D eigenvalue weighted by Crippen LogP contribution is -2.29. The Morgan fingerprint density at radius 1 is 0.446 bits per heavy atom. The maximum absolute atomic E-state index is 12.5. The number of carbonyl (C=O) groups is 2. The molecule has 0 aromatic carbocycles. The van der Waals surface area contributed by atoms with Gasteiger partial charge in [0.15, 0.2) is 6.10 Å². The molecule has 0 aliphatic heterocycles. The number of phosphoric acid groups is 1. The fourth-order valence-electron chi connectivity index (χ4n) is 7.44. The number of unbranched alkanes of at least 4 members (excludes halogenated alkanes) is 33. The molecule has 9 heteroatoms. The van der Waals surface area contributed by atoms with Gasteiger partial charge in [0, 0.05) is 12.8 Å². The van der Waals surface area contributed by atoms with Crippen molar-refractivity contribution in [1.82, 2.24) is 0 Å². The fraction of sp³-hybridized carbons (Fsp3) is 0.957. The molecule has 0 aromatic rings. The van der Waals surface area contributed by atoms with E-state index in [2.05, 4.69) is 25.3 Å². The van der Waals surface area contributed by atoms with Crippen molar-refractivity contribution in [3.8, 4) is 0 Å². The summed E-state index contributed by atoms with van der Waals surface area (Å²) < 4.78 is 26.5. The van der Waals surface area contributed by atoms with Gasteiger partial charge in [-0.25, -0.2) is 4.57 Å². The van der Waals surface area contributed by atoms with E-state index in [9.17, 15) is 14.2 Å². The van der Waals surface area contributed by atoms with E-state index >= 15 is 0 Å². The summed E-state index contributed by atoms with van der Waals surface area (Å²) in [4.78, 5) is 43.0. The highest BCUT2D eigenvalue weighted by atomic mass is 31.2. The molecule has 1 atom stereocenters. The van der Waals surface area contributed by atoms with Gasteiger partial charge in [-0.2, -0.15) is 0 Å². The van der Waals surface area contributed by atoms with Crippen LogP contribution in [0.3, 0.4) is 0 Å². The van der Waals surface area contributed by atoms with Gasteiger partial charge < -0.3 is 19.3 Å². The molecule has 0 fully saturated rings. The van der Waals surface area contributed by atoms with Crippen molar-refractivity contribution in [2.75, 3.05) is 13.2 Å². The van der Waals surface area contributed by atoms with Crippen molar-refractivity contribution in [2.24, 2.45) is 5.92 Å². The number of phosphoric ester groups is 1. The normalized spacial score (nSPS) is 12.4. The number of ether oxygens (including phenoxy) is 2. The van der Waals surface area contributed by atoms with Crippen LogP contribution in [0, 0.1) is 5.92 Å². The lowest BCUT2D eigenvalue weighted by Gasteiger charge is -2.18. The first-order valence-corrected chi connectivity index (χ1v) is 25.7. The van der Waals surface area contributed by atoms with Crippen LogP contribution in [0.5, 0.6) is 0 Å². The van der Waals surface area contributed by atoms with Gasteiger partial charge in [-0.1, -0.05) is 239 Å². The molecule has 0 aromatic heterocycles. The Kier molecular flexibility index (Phi) is 41.5. The van der Waals surface area contributed by atoms with Crippen LogP contribution in [0.4, 0.5) is 0 Å². The predicted octanol–water partition coefficient (Wildman–Crippen LogP) is 15.1. The second kappa shape index (κ2) is 42.2. The summed E-state index contributed by atoms with van der Waals surface area (Å²) in [5, 5.41) is 0. The van der Waals surface area contributed by atoms with Gasteiger partial charge in [0.25, 0.3) is 0 Å². The highest BCUT2D eigenvalue weighted by molar-refractivity contribution is 7.46. The quantitative estimate of drug-likeness (QED) is 0.0354. The summed E-state index contributed by atoms with van der Waals surface area (Å²) in [6, 6.07) is 0. The third kappa shape index (κ3) is 45.7. The molecule has 334 valence electrons. The first-order chi connectivity index (χ1) is 27.1. The van der Waals surface area contributed by atoms with Crippen molar-refractivity contribution < 1.29 is 37.9 Å². The van der Waals surface area contributed by atoms with Gasteiger partial charge >= 0.3 is 19.8 Å². The molecule has 0 amide bonds. The summed E-state index contributed by atoms with van der Waals surface area (Å²) in [6.45, 7) is 6.09. The topological polar surface area (TPSA) is 119 Å². The predicted molar refractivity (Wildman–Crippen MR) is 235 cm³/mol. The standard InChI is InChI=1S/C47H93O8P/c1-4-5-6-7-8-9-10-11-12-13-14-15-19-22-25-28-31-34-37-40-46(48)53-42-45(43-54-56(50,51)52)55-47(49)41-38-35-32-29-26-23-20-17-16-18-21-24-27-30-33-36-39-44(2)3/h44-45H,4-43H2,1-3H3,(H2,50,51,52)/t45-/m1/s1. The van der Waals surface area contributed by atoms with Crippen LogP contribution in [0.15, 0.2) is 0 Å². The Bertz CT molecular complexity index is 891. The molecule has 0 radical (unpaired) electrons. The molecule has 56 heavy (non-hydrogen) atoms. The summed E-state index contributed by atoms with van der Waals surface area (Å²) in [5.74, 6) is -0.0223. The Morgan fingerprint density at radius 2 is 0.750 bits per heavy atom. The lowest BCUT2D eigenvalue weighted by molar-refractivity contribution is -0.161. The van der Waals surface area contributed by atoms with E-state index < -0.39 is 32.5 Å². The summed E-state index contributed by atoms with van der Waals surface area (Å²) in [7, 11) is -4.75. The van der Waals surface area contributed by atoms with Gasteiger partial charge in [-0.05, 0) is 18.8 Å². The van der Waals surface area contributed by atoms with Gasteiger partial charge in [-0.15, -0.1) is 0 Å². The Balaban J connectivity index is 3.79. The second-order valence-electron chi connectivity index (χ2n) is 17.3. The Labute approximate surface area is 346 Å². The zero-order valence-electron chi connectivity index (χ0n) is 37.2. The monoisotopic (exact) mass is 817 g/mol. The van der Waals surface area contributed by atoms with Gasteiger partial charge in [0.1, 0.15) is 6.61 Å². The minimum atomic E-state index is -4.75. The summed E-state index contributed by atoms with van der Waals surface area (Å²) >= 11 is 0. The minimum Gasteiger partial charge on any atom is -0.462 e. The molecular formula is C47H93O8P. The molecule has 0 saturated carbocycles. The maximum Gasteiger partial charge on any atom is 0.469 e. The molecule has 0 aliphatic carbocycles. The van der Waals surface area contributed by atoms with E-state index in [4.69, 9.17) is 19.3 Å². The van der Waals surface area contributed by atoms with E-state index in [1.54, 1.807) is 0 Å². The molecular weight excluding hydrogens is 723 g/mol. The van der Waals surface area contributed by atoms with Gasteiger partial charge in [-0.3, -0.25) is 14.1 Å². The van der Waals surface area contributed by atoms with Crippen molar-refractivity contribution >= 4 is 19.8 Å². The molecule has 0 saturated heterocycles. The minimum absolute atomic E-state index is 0.220. The van der Waals surface area contributed by atoms with Crippen molar-refractivity contribution in [2.45, 2.75) is 271 Å². The molecule has 0 spiro atoms. The van der Waals surface area contributed by atoms with Crippen LogP contribution in [-0.2, 0) is 28.2 Å². The first kappa shape index (κ1) is 55.0. The Morgan fingerprint density at radius 3 is 1.07 bits per heavy atom. The molecule has 8 nitrogen and oxygen atoms in total. The van der Waals surface area contributed by atoms with Crippen LogP contribution in [0.25, 0.3) is 0 Å². The second-order valence-corrected chi connectivity index (χ2v) is 18.5. The van der Waals surface area contributed by atoms with Crippen LogP contribution in [0.2, 0.25) is 0 Å². The first-order valence-electron chi connectivity index (χ1n) is 24.2. The smallest absolute Gasteiger partial charge is 0.462 e. The Hall–Kier alpha value is -0.950. The van der Waals surface area contributed by atoms with Gasteiger partial charge in [0.05, 0.1) is 6.61 Å². The van der Waals surface area contributed by atoms with Gasteiger partial charge in [0.2, 0.25) is 0 Å². The number of rotatable bonds is 45. The van der Waals surface area contributed by atoms with E-state index in [1.807, 2.05) is 0 Å². The highest BCUT2D eigenvalue weighted by Crippen LogP contribution is 2.36. The molecule has 0 heterocycles. The highest BCUT2D eigenvalue weighted by Gasteiger charge is 2.23. The third-order valence-corrected chi connectivity index (χ3v) is 11.5. The zero-order valence-corrected chi connectivity index (χ0v) is 38.1. The van der Waals surface area contributed by atoms with Crippen molar-refractivity contribution in [3.05, 3.63) is 0 Å². The number of esters is 2. The van der Waals surface area contributed by atoms with E-state index in [1.165, 1.54) is 193 Å². The largest absolute Gasteiger partial charge is 0.469 e. The third-order valence-electron chi connectivity index (χ3n) is 11.1. The average molecular weight is 817 g/mol. The van der Waals surface area contributed by atoms with E-state index in [-0.39, 0.29) is 19.4 Å². The van der Waals surface area contributed by atoms with Crippen LogP contribution in [-0.4, -0.2) is 41.0 Å². The van der Waals surface area contributed by atoms with Crippen LogP contribution >= 0.6 is 7.82 Å². The average Bonchev–Trinajstić information content (AvgIpc) is 3.15. The molecule has 0 bridgehead atoms. The molecule has 0 aliphatic rings. The number of hydrogen-bond donors (Lipinski definition) is 2. The lowest BCUT2D eigenvalue weighted by atomic mass is 10.0. The van der Waals surface area contributed by atoms with Crippen molar-refractivity contribution in [3.63, 3.8) is 0 Å². The zero-order chi connectivity index (χ0) is 41.2. The number of carbonyl (C=O) groups excluding carboxylic acids is 2. The molecule has 0 unspecified atom stereocenters. The van der Waals surface area contributed by atoms with Crippen LogP contribution < -0.4 is 0 Å². The van der Waals surface area contributed by atoms with E-state index in [0.717, 1.165) is 38.0 Å². The van der Waals surface area contributed by atoms with E-state index in [0.29, 0.717) is 6.42 Å². The molecule has 0 rings (SSSR count). The van der Waals surface area contributed by atoms with Crippen molar-refractivity contribution in [1.29, 1.82) is 0 Å². The summed E-state index contributed by atoms with van der Waals surface area (Å²) in [5.41, 5.74) is 0. The maximum atomic E-state index is 12.5.